The van der Waals surface area contributed by atoms with Crippen molar-refractivity contribution in [1.29, 1.82) is 0 Å². The summed E-state index contributed by atoms with van der Waals surface area (Å²) in [7, 11) is 1.21. The average Bonchev–Trinajstić information content (AvgIpc) is 2.34. The van der Waals surface area contributed by atoms with Gasteiger partial charge in [0.15, 0.2) is 0 Å². The molecule has 112 valence electrons. The van der Waals surface area contributed by atoms with Gasteiger partial charge in [0.2, 0.25) is 0 Å². The van der Waals surface area contributed by atoms with Gasteiger partial charge in [-0.05, 0) is 45.4 Å². The minimum Gasteiger partial charge on any atom is -0.465 e. The van der Waals surface area contributed by atoms with E-state index in [0.717, 1.165) is 0 Å². The molecule has 0 aliphatic carbocycles. The summed E-state index contributed by atoms with van der Waals surface area (Å²) in [5.41, 5.74) is -0.854. The van der Waals surface area contributed by atoms with E-state index in [1.165, 1.54) is 19.2 Å². The molecular weight excluding hydrogens is 261 g/mol. The van der Waals surface area contributed by atoms with E-state index in [1.54, 1.807) is 19.9 Å². The molecule has 0 aliphatic rings. The fraction of sp³-hybridized carbons (Fsp3) is 0.533. The van der Waals surface area contributed by atoms with Gasteiger partial charge in [0.05, 0.1) is 18.3 Å². The van der Waals surface area contributed by atoms with Gasteiger partial charge in [-0.3, -0.25) is 0 Å². The van der Waals surface area contributed by atoms with Gasteiger partial charge in [-0.15, -0.1) is 0 Å². The summed E-state index contributed by atoms with van der Waals surface area (Å²) in [6.45, 7) is 7.54. The van der Waals surface area contributed by atoms with E-state index >= 15 is 0 Å². The van der Waals surface area contributed by atoms with Crippen molar-refractivity contribution in [3.8, 4) is 0 Å². The quantitative estimate of drug-likeness (QED) is 0.814. The van der Waals surface area contributed by atoms with Crippen molar-refractivity contribution in [1.82, 2.24) is 5.32 Å². The lowest BCUT2D eigenvalue weighted by atomic mass is 9.86. The molecule has 0 radical (unpaired) electrons. The van der Waals surface area contributed by atoms with E-state index in [4.69, 9.17) is 0 Å². The SMILES string of the molecule is COC(=O)c1ccc(CNC(C)(C)C(C)(C)O)cc1F. The zero-order valence-electron chi connectivity index (χ0n) is 12.6. The molecule has 1 aromatic rings. The van der Waals surface area contributed by atoms with E-state index in [2.05, 4.69) is 10.1 Å². The first-order valence-corrected chi connectivity index (χ1v) is 6.42. The monoisotopic (exact) mass is 283 g/mol. The van der Waals surface area contributed by atoms with E-state index in [-0.39, 0.29) is 5.56 Å². The van der Waals surface area contributed by atoms with Gasteiger partial charge in [0, 0.05) is 12.1 Å². The number of hydrogen-bond donors (Lipinski definition) is 2. The van der Waals surface area contributed by atoms with Crippen LogP contribution in [0.5, 0.6) is 0 Å². The standard InChI is InChI=1S/C15H22FNO3/c1-14(2,15(3,4)19)17-9-10-6-7-11(12(16)8-10)13(18)20-5/h6-8,17,19H,9H2,1-5H3. The minimum absolute atomic E-state index is 0.0852. The fourth-order valence-electron chi connectivity index (χ4n) is 1.48. The highest BCUT2D eigenvalue weighted by atomic mass is 19.1. The van der Waals surface area contributed by atoms with Gasteiger partial charge >= 0.3 is 5.97 Å². The largest absolute Gasteiger partial charge is 0.465 e. The molecule has 0 saturated heterocycles. The lowest BCUT2D eigenvalue weighted by Gasteiger charge is -2.38. The fourth-order valence-corrected chi connectivity index (χ4v) is 1.48. The average molecular weight is 283 g/mol. The molecule has 1 aromatic carbocycles. The second-order valence-electron chi connectivity index (χ2n) is 5.84. The van der Waals surface area contributed by atoms with Crippen molar-refractivity contribution < 1.29 is 19.0 Å². The van der Waals surface area contributed by atoms with E-state index in [1.807, 2.05) is 13.8 Å². The number of nitrogens with one attached hydrogen (secondary N) is 1. The molecule has 0 fully saturated rings. The number of hydrogen-bond acceptors (Lipinski definition) is 4. The summed E-state index contributed by atoms with van der Waals surface area (Å²) < 4.78 is 18.3. The molecule has 5 heteroatoms. The zero-order chi connectivity index (χ0) is 15.6. The number of carbonyl (C=O) groups is 1. The number of rotatable bonds is 5. The first-order chi connectivity index (χ1) is 9.08. The van der Waals surface area contributed by atoms with Crippen LogP contribution in [0.4, 0.5) is 4.39 Å². The van der Waals surface area contributed by atoms with Gasteiger partial charge in [-0.2, -0.15) is 0 Å². The van der Waals surface area contributed by atoms with Crippen LogP contribution in [-0.4, -0.2) is 29.3 Å². The van der Waals surface area contributed by atoms with Crippen LogP contribution in [0.2, 0.25) is 0 Å². The Labute approximate surface area is 119 Å². The number of esters is 1. The van der Waals surface area contributed by atoms with Gasteiger partial charge in [-0.25, -0.2) is 9.18 Å². The third-order valence-electron chi connectivity index (χ3n) is 3.70. The third-order valence-corrected chi connectivity index (χ3v) is 3.70. The van der Waals surface area contributed by atoms with Crippen LogP contribution < -0.4 is 5.32 Å². The molecule has 1 rings (SSSR count). The number of halogens is 1. The third kappa shape index (κ3) is 3.77. The smallest absolute Gasteiger partial charge is 0.340 e. The molecule has 0 bridgehead atoms. The Morgan fingerprint density at radius 1 is 1.35 bits per heavy atom. The Balaban J connectivity index is 2.81. The zero-order valence-corrected chi connectivity index (χ0v) is 12.6. The van der Waals surface area contributed by atoms with Crippen LogP contribution >= 0.6 is 0 Å². The van der Waals surface area contributed by atoms with E-state index in [9.17, 15) is 14.3 Å². The molecular formula is C15H22FNO3. The summed E-state index contributed by atoms with van der Waals surface area (Å²) in [4.78, 5) is 11.3. The Morgan fingerprint density at radius 3 is 2.40 bits per heavy atom. The summed E-state index contributed by atoms with van der Waals surface area (Å²) in [5, 5.41) is 13.2. The van der Waals surface area contributed by atoms with Gasteiger partial charge in [-0.1, -0.05) is 6.07 Å². The van der Waals surface area contributed by atoms with Crippen LogP contribution in [0, 0.1) is 5.82 Å². The number of methoxy groups -OCH3 is 1. The predicted molar refractivity (Wildman–Crippen MR) is 75.0 cm³/mol. The van der Waals surface area contributed by atoms with Crippen molar-refractivity contribution >= 4 is 5.97 Å². The van der Waals surface area contributed by atoms with Crippen molar-refractivity contribution in [3.05, 3.63) is 35.1 Å². The van der Waals surface area contributed by atoms with E-state index < -0.39 is 22.9 Å². The van der Waals surface area contributed by atoms with Gasteiger partial charge < -0.3 is 15.2 Å². The van der Waals surface area contributed by atoms with Crippen molar-refractivity contribution in [2.75, 3.05) is 7.11 Å². The molecule has 0 amide bonds. The number of benzene rings is 1. The van der Waals surface area contributed by atoms with Gasteiger partial charge in [0.25, 0.3) is 0 Å². The molecule has 0 spiro atoms. The van der Waals surface area contributed by atoms with Gasteiger partial charge in [0.1, 0.15) is 5.82 Å². The van der Waals surface area contributed by atoms with Crippen LogP contribution in [0.1, 0.15) is 43.6 Å². The lowest BCUT2D eigenvalue weighted by Crippen LogP contribution is -2.55. The predicted octanol–water partition coefficient (Wildman–Crippen LogP) is 2.25. The summed E-state index contributed by atoms with van der Waals surface area (Å²) in [6.07, 6.45) is 0. The topological polar surface area (TPSA) is 58.6 Å². The molecule has 0 saturated carbocycles. The minimum atomic E-state index is -0.919. The molecule has 0 aromatic heterocycles. The number of ether oxygens (including phenoxy) is 1. The highest BCUT2D eigenvalue weighted by Crippen LogP contribution is 2.21. The Morgan fingerprint density at radius 2 is 1.95 bits per heavy atom. The highest BCUT2D eigenvalue weighted by Gasteiger charge is 2.34. The maximum atomic E-state index is 13.8. The molecule has 0 unspecified atom stereocenters. The number of carbonyl (C=O) groups excluding carboxylic acids is 1. The van der Waals surface area contributed by atoms with E-state index in [0.29, 0.717) is 12.1 Å². The van der Waals surface area contributed by atoms with Crippen LogP contribution in [0.15, 0.2) is 18.2 Å². The second-order valence-corrected chi connectivity index (χ2v) is 5.84. The van der Waals surface area contributed by atoms with Crippen molar-refractivity contribution in [2.24, 2.45) is 0 Å². The van der Waals surface area contributed by atoms with Crippen LogP contribution in [0.25, 0.3) is 0 Å². The molecule has 0 heterocycles. The first-order valence-electron chi connectivity index (χ1n) is 6.42. The normalized spacial score (nSPS) is 12.3. The summed E-state index contributed by atoms with van der Waals surface area (Å²) >= 11 is 0. The lowest BCUT2D eigenvalue weighted by molar-refractivity contribution is -0.00532. The second kappa shape index (κ2) is 5.89. The summed E-state index contributed by atoms with van der Waals surface area (Å²) in [5.74, 6) is -1.31. The van der Waals surface area contributed by atoms with Crippen molar-refractivity contribution in [3.63, 3.8) is 0 Å². The van der Waals surface area contributed by atoms with Crippen LogP contribution in [0.3, 0.4) is 0 Å². The molecule has 20 heavy (non-hydrogen) atoms. The summed E-state index contributed by atoms with van der Waals surface area (Å²) in [6, 6.07) is 4.35. The Hall–Kier alpha value is -1.46. The maximum Gasteiger partial charge on any atom is 0.340 e. The van der Waals surface area contributed by atoms with Crippen molar-refractivity contribution in [2.45, 2.75) is 45.4 Å². The number of aliphatic hydroxyl groups is 1. The molecule has 0 atom stereocenters. The highest BCUT2D eigenvalue weighted by molar-refractivity contribution is 5.89. The Bertz CT molecular complexity index is 492. The molecule has 2 N–H and O–H groups in total. The van der Waals surface area contributed by atoms with Crippen LogP contribution in [-0.2, 0) is 11.3 Å². The molecule has 0 aliphatic heterocycles. The first kappa shape index (κ1) is 16.6. The Kier molecular flexibility index (Phi) is 4.89. The molecule has 4 nitrogen and oxygen atoms in total. The maximum absolute atomic E-state index is 13.8.